The lowest BCUT2D eigenvalue weighted by molar-refractivity contribution is 0.0962. The van der Waals surface area contributed by atoms with Crippen molar-refractivity contribution in [2.75, 3.05) is 12.9 Å². The first-order chi connectivity index (χ1) is 9.93. The maximum absolute atomic E-state index is 12.1. The molecule has 0 aliphatic rings. The van der Waals surface area contributed by atoms with E-state index >= 15 is 0 Å². The van der Waals surface area contributed by atoms with Crippen LogP contribution < -0.4 is 0 Å². The number of sulfone groups is 1. The highest BCUT2D eigenvalue weighted by molar-refractivity contribution is 7.92. The average Bonchev–Trinajstić information content (AvgIpc) is 2.47. The van der Waals surface area contributed by atoms with E-state index in [1.165, 1.54) is 0 Å². The Hall–Kier alpha value is -1.98. The van der Waals surface area contributed by atoms with Gasteiger partial charge in [0, 0.05) is 11.8 Å². The van der Waals surface area contributed by atoms with E-state index in [1.54, 1.807) is 24.3 Å². The van der Waals surface area contributed by atoms with Crippen LogP contribution in [-0.4, -0.2) is 37.4 Å². The van der Waals surface area contributed by atoms with Gasteiger partial charge in [-0.2, -0.15) is 0 Å². The number of carbonyl (C=O) groups excluding carboxylic acids is 1. The highest BCUT2D eigenvalue weighted by atomic mass is 32.2. The lowest BCUT2D eigenvalue weighted by atomic mass is 10.0. The maximum Gasteiger partial charge on any atom is 0.183 e. The highest BCUT2D eigenvalue weighted by Gasteiger charge is 2.28. The minimum atomic E-state index is -3.62. The molecule has 0 heterocycles. The first-order valence-electron chi connectivity index (χ1n) is 6.43. The number of carbonyl (C=O) groups is 1. The van der Waals surface area contributed by atoms with E-state index in [2.05, 4.69) is 0 Å². The quantitative estimate of drug-likeness (QED) is 0.857. The van der Waals surface area contributed by atoms with Gasteiger partial charge in [0.25, 0.3) is 0 Å². The van der Waals surface area contributed by atoms with Gasteiger partial charge in [-0.1, -0.05) is 54.6 Å². The van der Waals surface area contributed by atoms with Gasteiger partial charge < -0.3 is 5.11 Å². The van der Waals surface area contributed by atoms with E-state index in [-0.39, 0.29) is 5.56 Å². The van der Waals surface area contributed by atoms with Crippen molar-refractivity contribution in [2.24, 2.45) is 0 Å². The SMILES string of the molecule is CS(=O)(=O)[C@@H](CO)C(=O)c1ccc(-c2ccccc2)cc1. The third-order valence-electron chi connectivity index (χ3n) is 3.25. The molecule has 0 fully saturated rings. The van der Waals surface area contributed by atoms with Crippen LogP contribution in [0.15, 0.2) is 54.6 Å². The third kappa shape index (κ3) is 3.56. The zero-order valence-corrected chi connectivity index (χ0v) is 12.4. The molecule has 2 rings (SSSR count). The van der Waals surface area contributed by atoms with Crippen molar-refractivity contribution < 1.29 is 18.3 Å². The zero-order valence-electron chi connectivity index (χ0n) is 11.6. The molecule has 110 valence electrons. The molecule has 0 spiro atoms. The van der Waals surface area contributed by atoms with Gasteiger partial charge in [0.2, 0.25) is 0 Å². The summed E-state index contributed by atoms with van der Waals surface area (Å²) in [5.74, 6) is -0.584. The van der Waals surface area contributed by atoms with Crippen molar-refractivity contribution >= 4 is 15.6 Å². The van der Waals surface area contributed by atoms with Crippen LogP contribution in [0.1, 0.15) is 10.4 Å². The predicted octanol–water partition coefficient (Wildman–Crippen LogP) is 1.94. The van der Waals surface area contributed by atoms with E-state index in [9.17, 15) is 13.2 Å². The van der Waals surface area contributed by atoms with Gasteiger partial charge in [0.15, 0.2) is 15.6 Å². The predicted molar refractivity (Wildman–Crippen MR) is 81.9 cm³/mol. The van der Waals surface area contributed by atoms with Gasteiger partial charge >= 0.3 is 0 Å². The smallest absolute Gasteiger partial charge is 0.183 e. The van der Waals surface area contributed by atoms with Gasteiger partial charge in [-0.15, -0.1) is 0 Å². The minimum absolute atomic E-state index is 0.277. The fourth-order valence-corrected chi connectivity index (χ4v) is 2.85. The molecule has 0 aromatic heterocycles. The third-order valence-corrected chi connectivity index (χ3v) is 4.65. The Labute approximate surface area is 124 Å². The first kappa shape index (κ1) is 15.4. The zero-order chi connectivity index (χ0) is 15.5. The van der Waals surface area contributed by atoms with Crippen molar-refractivity contribution in [3.8, 4) is 11.1 Å². The molecule has 0 amide bonds. The molecular formula is C16H16O4S. The number of benzene rings is 2. The van der Waals surface area contributed by atoms with Crippen LogP contribution in [0.25, 0.3) is 11.1 Å². The average molecular weight is 304 g/mol. The fourth-order valence-electron chi connectivity index (χ4n) is 2.06. The number of hydrogen-bond acceptors (Lipinski definition) is 4. The summed E-state index contributed by atoms with van der Waals surface area (Å²) >= 11 is 0. The van der Waals surface area contributed by atoms with Crippen LogP contribution in [0.4, 0.5) is 0 Å². The molecule has 1 atom stereocenters. The van der Waals surface area contributed by atoms with Gasteiger partial charge in [-0.25, -0.2) is 8.42 Å². The number of aliphatic hydroxyl groups excluding tert-OH is 1. The topological polar surface area (TPSA) is 71.4 Å². The summed E-state index contributed by atoms with van der Waals surface area (Å²) in [7, 11) is -3.62. The van der Waals surface area contributed by atoms with E-state index in [0.717, 1.165) is 17.4 Å². The molecule has 0 saturated carbocycles. The molecule has 0 unspecified atom stereocenters. The van der Waals surface area contributed by atoms with Crippen LogP contribution in [0.5, 0.6) is 0 Å². The lowest BCUT2D eigenvalue weighted by Gasteiger charge is -2.11. The number of ketones is 1. The molecule has 21 heavy (non-hydrogen) atoms. The Morgan fingerprint density at radius 1 is 1.00 bits per heavy atom. The number of hydrogen-bond donors (Lipinski definition) is 1. The summed E-state index contributed by atoms with van der Waals surface area (Å²) in [6.45, 7) is -0.710. The van der Waals surface area contributed by atoms with E-state index in [0.29, 0.717) is 0 Å². The maximum atomic E-state index is 12.1. The largest absolute Gasteiger partial charge is 0.395 e. The van der Waals surface area contributed by atoms with E-state index < -0.39 is 27.5 Å². The summed E-state index contributed by atoms with van der Waals surface area (Å²) in [4.78, 5) is 12.1. The van der Waals surface area contributed by atoms with Crippen molar-refractivity contribution in [3.05, 3.63) is 60.2 Å². The molecule has 0 bridgehead atoms. The standard InChI is InChI=1S/C16H16O4S/c1-21(19,20)15(11-17)16(18)14-9-7-13(8-10-14)12-5-3-2-4-6-12/h2-10,15,17H,11H2,1H3/t15-/m0/s1. The van der Waals surface area contributed by atoms with Crippen LogP contribution >= 0.6 is 0 Å². The molecule has 2 aromatic carbocycles. The lowest BCUT2D eigenvalue weighted by Crippen LogP contribution is -2.33. The number of aliphatic hydroxyl groups is 1. The summed E-state index contributed by atoms with van der Waals surface area (Å²) < 4.78 is 23.0. The summed E-state index contributed by atoms with van der Waals surface area (Å²) in [5, 5.41) is 7.72. The van der Waals surface area contributed by atoms with E-state index in [4.69, 9.17) is 5.11 Å². The van der Waals surface area contributed by atoms with Crippen LogP contribution in [0, 0.1) is 0 Å². The van der Waals surface area contributed by atoms with Crippen molar-refractivity contribution in [1.82, 2.24) is 0 Å². The number of rotatable bonds is 5. The monoisotopic (exact) mass is 304 g/mol. The minimum Gasteiger partial charge on any atom is -0.395 e. The molecule has 0 saturated heterocycles. The van der Waals surface area contributed by atoms with Crippen LogP contribution in [-0.2, 0) is 9.84 Å². The van der Waals surface area contributed by atoms with Crippen molar-refractivity contribution in [2.45, 2.75) is 5.25 Å². The fraction of sp³-hybridized carbons (Fsp3) is 0.188. The Kier molecular flexibility index (Phi) is 4.55. The molecule has 0 aliphatic carbocycles. The molecule has 4 nitrogen and oxygen atoms in total. The molecule has 1 N–H and O–H groups in total. The van der Waals surface area contributed by atoms with E-state index in [1.807, 2.05) is 30.3 Å². The Bertz CT molecular complexity index is 719. The van der Waals surface area contributed by atoms with Gasteiger partial charge in [0.1, 0.15) is 5.25 Å². The second kappa shape index (κ2) is 6.20. The van der Waals surface area contributed by atoms with Crippen molar-refractivity contribution in [1.29, 1.82) is 0 Å². The summed E-state index contributed by atoms with van der Waals surface area (Å²) in [6.07, 6.45) is 0.949. The molecule has 0 aliphatic heterocycles. The van der Waals surface area contributed by atoms with Gasteiger partial charge in [-0.3, -0.25) is 4.79 Å². The van der Waals surface area contributed by atoms with Gasteiger partial charge in [-0.05, 0) is 11.1 Å². The molecule has 2 aromatic rings. The molecule has 5 heteroatoms. The molecular weight excluding hydrogens is 288 g/mol. The Balaban J connectivity index is 2.29. The Morgan fingerprint density at radius 2 is 1.52 bits per heavy atom. The highest BCUT2D eigenvalue weighted by Crippen LogP contribution is 2.20. The summed E-state index contributed by atoms with van der Waals surface area (Å²) in [5.41, 5.74) is 2.23. The second-order valence-corrected chi connectivity index (χ2v) is 7.04. The second-order valence-electron chi connectivity index (χ2n) is 4.81. The van der Waals surface area contributed by atoms with Gasteiger partial charge in [0.05, 0.1) is 6.61 Å². The first-order valence-corrected chi connectivity index (χ1v) is 8.38. The molecule has 0 radical (unpaired) electrons. The Morgan fingerprint density at radius 3 is 2.00 bits per heavy atom. The van der Waals surface area contributed by atoms with Crippen molar-refractivity contribution in [3.63, 3.8) is 0 Å². The van der Waals surface area contributed by atoms with Crippen LogP contribution in [0.2, 0.25) is 0 Å². The number of Topliss-reactive ketones (excluding diaryl/α,β-unsaturated/α-hetero) is 1. The summed E-state index contributed by atoms with van der Waals surface area (Å²) in [6, 6.07) is 16.3. The normalized spacial score (nSPS) is 12.9. The van der Waals surface area contributed by atoms with Crippen LogP contribution in [0.3, 0.4) is 0 Å².